The van der Waals surface area contributed by atoms with Crippen molar-refractivity contribution in [2.45, 2.75) is 37.5 Å². The topological polar surface area (TPSA) is 61.3 Å². The maximum Gasteiger partial charge on any atom is 0.0769 e. The fourth-order valence-electron chi connectivity index (χ4n) is 1.76. The smallest absolute Gasteiger partial charge is 0.0769 e. The number of nitrogens with two attached hydrogens (primary N) is 2. The molecular weight excluding hydrogens is 211 g/mol. The molecule has 1 saturated carbocycles. The van der Waals surface area contributed by atoms with E-state index in [1.54, 1.807) is 0 Å². The van der Waals surface area contributed by atoms with E-state index in [2.05, 4.69) is 0 Å². The molecule has 2 rings (SSSR count). The van der Waals surface area contributed by atoms with E-state index in [1.165, 1.54) is 12.8 Å². The van der Waals surface area contributed by atoms with Crippen LogP contribution in [-0.4, -0.2) is 24.8 Å². The van der Waals surface area contributed by atoms with Crippen LogP contribution in [0.2, 0.25) is 0 Å². The van der Waals surface area contributed by atoms with Crippen LogP contribution in [0.15, 0.2) is 0 Å². The van der Waals surface area contributed by atoms with Crippen LogP contribution in [0.4, 0.5) is 0 Å². The minimum atomic E-state index is 0. The van der Waals surface area contributed by atoms with Gasteiger partial charge < -0.3 is 16.2 Å². The Kier molecular flexibility index (Phi) is 5.56. The molecule has 1 saturated heterocycles. The van der Waals surface area contributed by atoms with Gasteiger partial charge in [-0.2, -0.15) is 0 Å². The fourth-order valence-corrected chi connectivity index (χ4v) is 1.76. The molecule has 2 fully saturated rings. The molecule has 1 aliphatic carbocycles. The predicted octanol–water partition coefficient (Wildman–Crippen LogP) is 0.684. The van der Waals surface area contributed by atoms with Crippen molar-refractivity contribution in [2.75, 3.05) is 6.61 Å². The molecule has 2 aliphatic rings. The van der Waals surface area contributed by atoms with Crippen LogP contribution in [0.5, 0.6) is 0 Å². The molecule has 0 aromatic carbocycles. The zero-order valence-corrected chi connectivity index (χ0v) is 9.15. The minimum Gasteiger partial charge on any atom is -0.376 e. The average Bonchev–Trinajstić information content (AvgIpc) is 2.77. The first-order valence-corrected chi connectivity index (χ1v) is 4.42. The molecule has 3 atom stereocenters. The Morgan fingerprint density at radius 1 is 1.00 bits per heavy atom. The third kappa shape index (κ3) is 2.96. The Bertz CT molecular complexity index is 155. The van der Waals surface area contributed by atoms with Crippen LogP contribution in [0.1, 0.15) is 19.3 Å². The van der Waals surface area contributed by atoms with Gasteiger partial charge in [0.1, 0.15) is 0 Å². The predicted molar refractivity (Wildman–Crippen MR) is 57.5 cm³/mol. The third-order valence-corrected chi connectivity index (χ3v) is 2.72. The molecule has 0 bridgehead atoms. The summed E-state index contributed by atoms with van der Waals surface area (Å²) in [5.41, 5.74) is 11.7. The molecule has 13 heavy (non-hydrogen) atoms. The summed E-state index contributed by atoms with van der Waals surface area (Å²) in [4.78, 5) is 0. The van der Waals surface area contributed by atoms with Crippen LogP contribution in [-0.2, 0) is 4.74 Å². The van der Waals surface area contributed by atoms with Crippen molar-refractivity contribution in [1.29, 1.82) is 0 Å². The van der Waals surface area contributed by atoms with Crippen molar-refractivity contribution in [3.8, 4) is 0 Å². The summed E-state index contributed by atoms with van der Waals surface area (Å²) in [6.45, 7) is 0.802. The maximum absolute atomic E-state index is 5.91. The van der Waals surface area contributed by atoms with Crippen LogP contribution in [0.3, 0.4) is 0 Å². The first-order chi connectivity index (χ1) is 5.29. The van der Waals surface area contributed by atoms with Crippen molar-refractivity contribution in [2.24, 2.45) is 17.4 Å². The van der Waals surface area contributed by atoms with E-state index in [1.807, 2.05) is 0 Å². The summed E-state index contributed by atoms with van der Waals surface area (Å²) in [5, 5.41) is 0. The quantitative estimate of drug-likeness (QED) is 0.695. The van der Waals surface area contributed by atoms with Crippen molar-refractivity contribution in [3.63, 3.8) is 0 Å². The molecule has 0 amide bonds. The zero-order valence-electron chi connectivity index (χ0n) is 7.52. The Hall–Kier alpha value is 0.460. The van der Waals surface area contributed by atoms with E-state index in [4.69, 9.17) is 16.2 Å². The highest BCUT2D eigenvalue weighted by atomic mass is 35.5. The average molecular weight is 229 g/mol. The van der Waals surface area contributed by atoms with Crippen molar-refractivity contribution >= 4 is 24.8 Å². The van der Waals surface area contributed by atoms with Gasteiger partial charge in [-0.15, -0.1) is 24.8 Å². The lowest BCUT2D eigenvalue weighted by Crippen LogP contribution is -2.55. The standard InChI is InChI=1S/C8H16N2O.2ClH/c9-6-3-4-11-8(7(6)10)5-1-2-5;;/h5-8H,1-4,9-10H2;2*1H. The van der Waals surface area contributed by atoms with E-state index in [0.29, 0.717) is 0 Å². The molecule has 4 N–H and O–H groups in total. The van der Waals surface area contributed by atoms with Crippen LogP contribution in [0.25, 0.3) is 0 Å². The highest BCUT2D eigenvalue weighted by Gasteiger charge is 2.40. The second-order valence-electron chi connectivity index (χ2n) is 3.70. The molecule has 1 aliphatic heterocycles. The summed E-state index contributed by atoms with van der Waals surface area (Å²) in [6, 6.07) is 0.241. The van der Waals surface area contributed by atoms with E-state index in [0.717, 1.165) is 18.9 Å². The lowest BCUT2D eigenvalue weighted by molar-refractivity contribution is -0.0199. The normalized spacial score (nSPS) is 38.8. The Balaban J connectivity index is 0.000000720. The molecule has 5 heteroatoms. The lowest BCUT2D eigenvalue weighted by atomic mass is 9.95. The molecule has 3 nitrogen and oxygen atoms in total. The van der Waals surface area contributed by atoms with Gasteiger partial charge in [-0.25, -0.2) is 0 Å². The van der Waals surface area contributed by atoms with Gasteiger partial charge in [-0.1, -0.05) is 0 Å². The zero-order chi connectivity index (χ0) is 7.84. The summed E-state index contributed by atoms with van der Waals surface area (Å²) in [6.07, 6.45) is 3.75. The van der Waals surface area contributed by atoms with E-state index in [9.17, 15) is 0 Å². The summed E-state index contributed by atoms with van der Waals surface area (Å²) >= 11 is 0. The first kappa shape index (κ1) is 13.5. The number of rotatable bonds is 1. The molecule has 0 radical (unpaired) electrons. The Labute approximate surface area is 91.4 Å². The molecule has 1 heterocycles. The molecular formula is C8H18Cl2N2O. The highest BCUT2D eigenvalue weighted by Crippen LogP contribution is 2.37. The highest BCUT2D eigenvalue weighted by molar-refractivity contribution is 5.85. The number of hydrogen-bond acceptors (Lipinski definition) is 3. The van der Waals surface area contributed by atoms with Gasteiger partial charge >= 0.3 is 0 Å². The SMILES string of the molecule is Cl.Cl.NC1CCOC(C2CC2)C1N. The van der Waals surface area contributed by atoms with E-state index in [-0.39, 0.29) is 43.0 Å². The van der Waals surface area contributed by atoms with Crippen molar-refractivity contribution < 1.29 is 4.74 Å². The Morgan fingerprint density at radius 2 is 1.62 bits per heavy atom. The molecule has 0 spiro atoms. The second kappa shape index (κ2) is 5.37. The van der Waals surface area contributed by atoms with Gasteiger partial charge in [-0.3, -0.25) is 0 Å². The summed E-state index contributed by atoms with van der Waals surface area (Å²) in [5.74, 6) is 0.719. The Morgan fingerprint density at radius 3 is 2.15 bits per heavy atom. The van der Waals surface area contributed by atoms with Gasteiger partial charge in [0, 0.05) is 18.7 Å². The van der Waals surface area contributed by atoms with Gasteiger partial charge in [-0.05, 0) is 25.2 Å². The van der Waals surface area contributed by atoms with Crippen molar-refractivity contribution in [1.82, 2.24) is 0 Å². The van der Waals surface area contributed by atoms with Crippen molar-refractivity contribution in [3.05, 3.63) is 0 Å². The lowest BCUT2D eigenvalue weighted by Gasteiger charge is -2.33. The number of halogens is 2. The number of ether oxygens (including phenoxy) is 1. The number of hydrogen-bond donors (Lipinski definition) is 2. The molecule has 80 valence electrons. The molecule has 3 unspecified atom stereocenters. The van der Waals surface area contributed by atoms with E-state index >= 15 is 0 Å². The van der Waals surface area contributed by atoms with Gasteiger partial charge in [0.15, 0.2) is 0 Å². The summed E-state index contributed by atoms with van der Waals surface area (Å²) in [7, 11) is 0. The van der Waals surface area contributed by atoms with Gasteiger partial charge in [0.25, 0.3) is 0 Å². The first-order valence-electron chi connectivity index (χ1n) is 4.42. The maximum atomic E-state index is 5.91. The van der Waals surface area contributed by atoms with Gasteiger partial charge in [0.2, 0.25) is 0 Å². The molecule has 0 aromatic rings. The van der Waals surface area contributed by atoms with Gasteiger partial charge in [0.05, 0.1) is 6.10 Å². The summed E-state index contributed by atoms with van der Waals surface area (Å²) < 4.78 is 5.58. The second-order valence-corrected chi connectivity index (χ2v) is 3.70. The fraction of sp³-hybridized carbons (Fsp3) is 1.00. The van der Waals surface area contributed by atoms with Crippen LogP contribution < -0.4 is 11.5 Å². The van der Waals surface area contributed by atoms with E-state index < -0.39 is 0 Å². The molecule has 0 aromatic heterocycles. The van der Waals surface area contributed by atoms with Crippen LogP contribution in [0, 0.1) is 5.92 Å². The monoisotopic (exact) mass is 228 g/mol. The largest absolute Gasteiger partial charge is 0.376 e. The minimum absolute atomic E-state index is 0. The van der Waals surface area contributed by atoms with Crippen LogP contribution >= 0.6 is 24.8 Å². The third-order valence-electron chi connectivity index (χ3n) is 2.72.